The molecule has 1 aromatic heterocycles. The molecule has 0 aliphatic carbocycles. The fourth-order valence-electron chi connectivity index (χ4n) is 2.11. The maximum absolute atomic E-state index is 10.0. The van der Waals surface area contributed by atoms with Crippen molar-refractivity contribution in [3.8, 4) is 5.19 Å². The van der Waals surface area contributed by atoms with Crippen LogP contribution in [0.3, 0.4) is 0 Å². The lowest BCUT2D eigenvalue weighted by Crippen LogP contribution is -2.58. The SMILES string of the molecule is OC1CC2OCC(COc3nc(Cl)ns3)(O2)C1O. The van der Waals surface area contributed by atoms with E-state index in [1.54, 1.807) is 0 Å². The molecular weight excluding hydrogens is 284 g/mol. The Hall–Kier alpha value is -0.510. The molecule has 2 aliphatic rings. The largest absolute Gasteiger partial charge is 0.466 e. The summed E-state index contributed by atoms with van der Waals surface area (Å²) in [5.74, 6) is 0. The van der Waals surface area contributed by atoms with Crippen molar-refractivity contribution in [1.82, 2.24) is 9.36 Å². The van der Waals surface area contributed by atoms with E-state index in [-0.39, 0.29) is 30.1 Å². The van der Waals surface area contributed by atoms with Gasteiger partial charge in [-0.2, -0.15) is 9.36 Å². The van der Waals surface area contributed by atoms with Crippen LogP contribution in [0, 0.1) is 0 Å². The van der Waals surface area contributed by atoms with Gasteiger partial charge >= 0.3 is 0 Å². The van der Waals surface area contributed by atoms with Crippen LogP contribution in [0.15, 0.2) is 0 Å². The molecule has 7 nitrogen and oxygen atoms in total. The van der Waals surface area contributed by atoms with E-state index in [0.29, 0.717) is 0 Å². The molecule has 9 heteroatoms. The maximum Gasteiger partial charge on any atom is 0.294 e. The van der Waals surface area contributed by atoms with Crippen molar-refractivity contribution in [3.63, 3.8) is 0 Å². The van der Waals surface area contributed by atoms with Crippen molar-refractivity contribution < 1.29 is 24.4 Å². The molecule has 2 N–H and O–H groups in total. The zero-order valence-electron chi connectivity index (χ0n) is 9.15. The van der Waals surface area contributed by atoms with Crippen LogP contribution in [-0.4, -0.2) is 56.9 Å². The molecule has 3 rings (SSSR count). The third kappa shape index (κ3) is 2.09. The van der Waals surface area contributed by atoms with E-state index in [2.05, 4.69) is 9.36 Å². The summed E-state index contributed by atoms with van der Waals surface area (Å²) in [5.41, 5.74) is -1.06. The minimum atomic E-state index is -1.06. The predicted molar refractivity (Wildman–Crippen MR) is 60.6 cm³/mol. The van der Waals surface area contributed by atoms with E-state index in [1.807, 2.05) is 0 Å². The van der Waals surface area contributed by atoms with E-state index in [0.717, 1.165) is 11.5 Å². The molecule has 100 valence electrons. The van der Waals surface area contributed by atoms with Gasteiger partial charge in [-0.25, -0.2) is 0 Å². The van der Waals surface area contributed by atoms with Gasteiger partial charge in [-0.1, -0.05) is 0 Å². The molecule has 0 aromatic carbocycles. The zero-order chi connectivity index (χ0) is 12.8. The van der Waals surface area contributed by atoms with Gasteiger partial charge in [-0.05, 0) is 11.6 Å². The van der Waals surface area contributed by atoms with Gasteiger partial charge in [-0.3, -0.25) is 0 Å². The molecule has 2 aliphatic heterocycles. The standard InChI is InChI=1S/C9H11ClN2O5S/c10-7-11-8(18-12-7)16-3-9-2-15-5(17-9)1-4(13)6(9)14/h4-6,13-14H,1-3H2. The lowest BCUT2D eigenvalue weighted by Gasteiger charge is -2.37. The van der Waals surface area contributed by atoms with Gasteiger partial charge in [0.2, 0.25) is 5.28 Å². The highest BCUT2D eigenvalue weighted by molar-refractivity contribution is 7.07. The zero-order valence-corrected chi connectivity index (χ0v) is 10.7. The second-order valence-electron chi connectivity index (χ2n) is 4.29. The molecule has 2 saturated heterocycles. The first-order chi connectivity index (χ1) is 8.59. The highest BCUT2D eigenvalue weighted by atomic mass is 35.5. The second kappa shape index (κ2) is 4.55. The van der Waals surface area contributed by atoms with Crippen molar-refractivity contribution in [2.24, 2.45) is 0 Å². The minimum absolute atomic E-state index is 0.0211. The van der Waals surface area contributed by atoms with E-state index >= 15 is 0 Å². The Morgan fingerprint density at radius 2 is 2.39 bits per heavy atom. The van der Waals surface area contributed by atoms with Gasteiger partial charge in [-0.15, -0.1) is 0 Å². The van der Waals surface area contributed by atoms with Crippen molar-refractivity contribution >= 4 is 23.1 Å². The molecule has 0 amide bonds. The normalized spacial score (nSPS) is 38.9. The van der Waals surface area contributed by atoms with Crippen molar-refractivity contribution in [1.29, 1.82) is 0 Å². The van der Waals surface area contributed by atoms with Crippen LogP contribution < -0.4 is 4.74 Å². The Morgan fingerprint density at radius 3 is 3.11 bits per heavy atom. The van der Waals surface area contributed by atoms with Crippen LogP contribution in [0.1, 0.15) is 6.42 Å². The number of aliphatic hydroxyl groups excluding tert-OH is 2. The van der Waals surface area contributed by atoms with Gasteiger partial charge < -0.3 is 24.4 Å². The molecule has 3 heterocycles. The molecule has 0 spiro atoms. The summed E-state index contributed by atoms with van der Waals surface area (Å²) in [6, 6.07) is 0. The number of halogens is 1. The lowest BCUT2D eigenvalue weighted by atomic mass is 9.91. The number of nitrogens with zero attached hydrogens (tertiary/aromatic N) is 2. The first kappa shape index (κ1) is 12.5. The summed E-state index contributed by atoms with van der Waals surface area (Å²) in [6.07, 6.45) is -2.18. The number of aliphatic hydroxyl groups is 2. The summed E-state index contributed by atoms with van der Waals surface area (Å²) in [5, 5.41) is 20.1. The number of ether oxygens (including phenoxy) is 3. The van der Waals surface area contributed by atoms with Crippen LogP contribution in [0.2, 0.25) is 5.28 Å². The van der Waals surface area contributed by atoms with Gasteiger partial charge in [0.15, 0.2) is 11.9 Å². The van der Waals surface area contributed by atoms with E-state index in [4.69, 9.17) is 25.8 Å². The summed E-state index contributed by atoms with van der Waals surface area (Å²) < 4.78 is 20.0. The molecule has 2 bridgehead atoms. The highest BCUT2D eigenvalue weighted by Crippen LogP contribution is 2.37. The third-order valence-electron chi connectivity index (χ3n) is 3.04. The molecule has 4 atom stereocenters. The topological polar surface area (TPSA) is 93.9 Å². The fourth-order valence-corrected chi connectivity index (χ4v) is 2.77. The van der Waals surface area contributed by atoms with Crippen LogP contribution in [-0.2, 0) is 9.47 Å². The summed E-state index contributed by atoms with van der Waals surface area (Å²) in [6.45, 7) is 0.190. The molecule has 0 radical (unpaired) electrons. The number of hydrogen-bond acceptors (Lipinski definition) is 8. The molecule has 1 aromatic rings. The second-order valence-corrected chi connectivity index (χ2v) is 5.34. The third-order valence-corrected chi connectivity index (χ3v) is 3.94. The van der Waals surface area contributed by atoms with Crippen LogP contribution in [0.5, 0.6) is 5.19 Å². The molecule has 4 unspecified atom stereocenters. The Bertz CT molecular complexity index is 446. The van der Waals surface area contributed by atoms with Crippen LogP contribution in [0.25, 0.3) is 0 Å². The maximum atomic E-state index is 10.0. The van der Waals surface area contributed by atoms with Gasteiger partial charge in [0, 0.05) is 18.0 Å². The molecule has 0 saturated carbocycles. The molecule has 18 heavy (non-hydrogen) atoms. The Balaban J connectivity index is 1.70. The first-order valence-corrected chi connectivity index (χ1v) is 6.52. The predicted octanol–water partition coefficient (Wildman–Crippen LogP) is -0.193. The minimum Gasteiger partial charge on any atom is -0.466 e. The Morgan fingerprint density at radius 1 is 1.56 bits per heavy atom. The monoisotopic (exact) mass is 294 g/mol. The van der Waals surface area contributed by atoms with Gasteiger partial charge in [0.25, 0.3) is 5.19 Å². The van der Waals surface area contributed by atoms with Gasteiger partial charge in [0.1, 0.15) is 12.7 Å². The smallest absolute Gasteiger partial charge is 0.294 e. The highest BCUT2D eigenvalue weighted by Gasteiger charge is 2.55. The molecular formula is C9H11ClN2O5S. The van der Waals surface area contributed by atoms with Gasteiger partial charge in [0.05, 0.1) is 12.7 Å². The Kier molecular flexibility index (Phi) is 3.16. The average molecular weight is 295 g/mol. The van der Waals surface area contributed by atoms with Crippen molar-refractivity contribution in [2.45, 2.75) is 30.5 Å². The van der Waals surface area contributed by atoms with Crippen molar-refractivity contribution in [2.75, 3.05) is 13.2 Å². The number of hydrogen-bond donors (Lipinski definition) is 2. The average Bonchev–Trinajstić information content (AvgIpc) is 2.90. The quantitative estimate of drug-likeness (QED) is 0.798. The summed E-state index contributed by atoms with van der Waals surface area (Å²) in [7, 11) is 0. The fraction of sp³-hybridized carbons (Fsp3) is 0.778. The van der Waals surface area contributed by atoms with E-state index in [1.165, 1.54) is 0 Å². The molecule has 2 fully saturated rings. The van der Waals surface area contributed by atoms with E-state index < -0.39 is 24.1 Å². The first-order valence-electron chi connectivity index (χ1n) is 5.37. The van der Waals surface area contributed by atoms with Crippen LogP contribution in [0.4, 0.5) is 0 Å². The van der Waals surface area contributed by atoms with E-state index in [9.17, 15) is 10.2 Å². The van der Waals surface area contributed by atoms with Crippen LogP contribution >= 0.6 is 23.1 Å². The number of rotatable bonds is 3. The lowest BCUT2D eigenvalue weighted by molar-refractivity contribution is -0.217. The Labute approximate surface area is 111 Å². The van der Waals surface area contributed by atoms with Crippen molar-refractivity contribution in [3.05, 3.63) is 5.28 Å². The summed E-state index contributed by atoms with van der Waals surface area (Å²) in [4.78, 5) is 3.83. The number of aromatic nitrogens is 2. The summed E-state index contributed by atoms with van der Waals surface area (Å²) >= 11 is 6.58. The number of fused-ring (bicyclic) bond motifs is 2.